The van der Waals surface area contributed by atoms with Crippen LogP contribution in [0.2, 0.25) is 0 Å². The summed E-state index contributed by atoms with van der Waals surface area (Å²) in [6, 6.07) is 0. The number of aromatic nitrogens is 2. The minimum Gasteiger partial charge on any atom is -0.374 e. The standard InChI is InChI=1S/C9H15N3O/c1-8-4-11-12(6-8)7-9-5-10-2-3-13-9/h4,6,9-10H,2-3,5,7H2,1H3/t9-/m0/s1. The minimum atomic E-state index is 0.271. The van der Waals surface area contributed by atoms with Crippen molar-refractivity contribution in [2.45, 2.75) is 19.6 Å². The second-order valence-electron chi connectivity index (χ2n) is 3.44. The van der Waals surface area contributed by atoms with Gasteiger partial charge >= 0.3 is 0 Å². The Morgan fingerprint density at radius 1 is 1.77 bits per heavy atom. The fraction of sp³-hybridized carbons (Fsp3) is 0.667. The van der Waals surface area contributed by atoms with Crippen molar-refractivity contribution in [1.82, 2.24) is 15.1 Å². The van der Waals surface area contributed by atoms with E-state index in [1.165, 1.54) is 5.56 Å². The maximum atomic E-state index is 5.57. The molecule has 1 aliphatic rings. The Balaban J connectivity index is 1.89. The molecule has 4 nitrogen and oxygen atoms in total. The monoisotopic (exact) mass is 181 g/mol. The van der Waals surface area contributed by atoms with Gasteiger partial charge in [0.15, 0.2) is 0 Å². The highest BCUT2D eigenvalue weighted by Gasteiger charge is 2.13. The fourth-order valence-electron chi connectivity index (χ4n) is 1.51. The van der Waals surface area contributed by atoms with E-state index in [1.807, 2.05) is 24.0 Å². The first-order valence-electron chi connectivity index (χ1n) is 4.66. The van der Waals surface area contributed by atoms with Crippen molar-refractivity contribution >= 4 is 0 Å². The molecule has 0 radical (unpaired) electrons. The van der Waals surface area contributed by atoms with Gasteiger partial charge in [-0.3, -0.25) is 4.68 Å². The molecule has 2 rings (SSSR count). The van der Waals surface area contributed by atoms with Gasteiger partial charge in [-0.1, -0.05) is 0 Å². The third kappa shape index (κ3) is 2.29. The fourth-order valence-corrected chi connectivity index (χ4v) is 1.51. The maximum Gasteiger partial charge on any atom is 0.0895 e. The van der Waals surface area contributed by atoms with Gasteiger partial charge in [0.1, 0.15) is 0 Å². The van der Waals surface area contributed by atoms with Gasteiger partial charge in [-0.05, 0) is 12.5 Å². The van der Waals surface area contributed by atoms with Crippen molar-refractivity contribution in [1.29, 1.82) is 0 Å². The molecule has 1 saturated heterocycles. The summed E-state index contributed by atoms with van der Waals surface area (Å²) in [5.41, 5.74) is 1.20. The first-order chi connectivity index (χ1) is 6.34. The van der Waals surface area contributed by atoms with Crippen LogP contribution in [0.3, 0.4) is 0 Å². The highest BCUT2D eigenvalue weighted by Crippen LogP contribution is 2.01. The lowest BCUT2D eigenvalue weighted by atomic mass is 10.3. The van der Waals surface area contributed by atoms with Gasteiger partial charge in [0.2, 0.25) is 0 Å². The van der Waals surface area contributed by atoms with E-state index in [2.05, 4.69) is 10.4 Å². The van der Waals surface area contributed by atoms with E-state index in [0.717, 1.165) is 26.2 Å². The van der Waals surface area contributed by atoms with Crippen molar-refractivity contribution in [2.75, 3.05) is 19.7 Å². The summed E-state index contributed by atoms with van der Waals surface area (Å²) >= 11 is 0. The molecule has 0 aromatic carbocycles. The van der Waals surface area contributed by atoms with E-state index >= 15 is 0 Å². The molecule has 2 heterocycles. The van der Waals surface area contributed by atoms with Gasteiger partial charge in [-0.2, -0.15) is 5.10 Å². The van der Waals surface area contributed by atoms with Gasteiger partial charge < -0.3 is 10.1 Å². The molecular weight excluding hydrogens is 166 g/mol. The zero-order valence-corrected chi connectivity index (χ0v) is 7.86. The van der Waals surface area contributed by atoms with Crippen molar-refractivity contribution in [3.05, 3.63) is 18.0 Å². The molecule has 0 amide bonds. The number of morpholine rings is 1. The Kier molecular flexibility index (Phi) is 2.61. The summed E-state index contributed by atoms with van der Waals surface area (Å²) in [6.45, 7) is 5.60. The molecule has 4 heteroatoms. The van der Waals surface area contributed by atoms with Crippen LogP contribution in [0.25, 0.3) is 0 Å². The Bertz CT molecular complexity index is 266. The van der Waals surface area contributed by atoms with Gasteiger partial charge in [0.05, 0.1) is 25.5 Å². The van der Waals surface area contributed by atoms with Crippen LogP contribution in [0.5, 0.6) is 0 Å². The van der Waals surface area contributed by atoms with Gasteiger partial charge in [0.25, 0.3) is 0 Å². The van der Waals surface area contributed by atoms with Gasteiger partial charge in [-0.15, -0.1) is 0 Å². The number of rotatable bonds is 2. The maximum absolute atomic E-state index is 5.57. The first kappa shape index (κ1) is 8.72. The van der Waals surface area contributed by atoms with Crippen LogP contribution in [0.4, 0.5) is 0 Å². The summed E-state index contributed by atoms with van der Waals surface area (Å²) in [5, 5.41) is 7.51. The van der Waals surface area contributed by atoms with Crippen LogP contribution in [0.1, 0.15) is 5.56 Å². The van der Waals surface area contributed by atoms with E-state index in [0.29, 0.717) is 0 Å². The van der Waals surface area contributed by atoms with Crippen LogP contribution in [0, 0.1) is 6.92 Å². The molecule has 0 spiro atoms. The Morgan fingerprint density at radius 2 is 2.69 bits per heavy atom. The minimum absolute atomic E-state index is 0.271. The van der Waals surface area contributed by atoms with Gasteiger partial charge in [0, 0.05) is 19.3 Å². The number of ether oxygens (including phenoxy) is 1. The van der Waals surface area contributed by atoms with Crippen molar-refractivity contribution < 1.29 is 4.74 Å². The first-order valence-corrected chi connectivity index (χ1v) is 4.66. The van der Waals surface area contributed by atoms with E-state index in [-0.39, 0.29) is 6.10 Å². The summed E-state index contributed by atoms with van der Waals surface area (Å²) in [4.78, 5) is 0. The third-order valence-electron chi connectivity index (χ3n) is 2.16. The predicted octanol–water partition coefficient (Wildman–Crippen LogP) is 0.180. The van der Waals surface area contributed by atoms with Crippen molar-refractivity contribution in [2.24, 2.45) is 0 Å². The molecule has 0 bridgehead atoms. The summed E-state index contributed by atoms with van der Waals surface area (Å²) in [7, 11) is 0. The quantitative estimate of drug-likeness (QED) is 0.707. The molecule has 72 valence electrons. The average molecular weight is 181 g/mol. The molecule has 0 aliphatic carbocycles. The lowest BCUT2D eigenvalue weighted by molar-refractivity contribution is 0.0161. The molecule has 1 N–H and O–H groups in total. The lowest BCUT2D eigenvalue weighted by Gasteiger charge is -2.23. The van der Waals surface area contributed by atoms with Crippen LogP contribution in [-0.2, 0) is 11.3 Å². The summed E-state index contributed by atoms with van der Waals surface area (Å²) in [6.07, 6.45) is 4.18. The predicted molar refractivity (Wildman–Crippen MR) is 49.6 cm³/mol. The Labute approximate surface area is 77.9 Å². The highest BCUT2D eigenvalue weighted by molar-refractivity contribution is 4.99. The zero-order chi connectivity index (χ0) is 9.10. The number of aryl methyl sites for hydroxylation is 1. The molecule has 1 fully saturated rings. The highest BCUT2D eigenvalue weighted by atomic mass is 16.5. The smallest absolute Gasteiger partial charge is 0.0895 e. The number of hydrogen-bond donors (Lipinski definition) is 1. The SMILES string of the molecule is Cc1cnn(C[C@@H]2CNCCO2)c1. The number of hydrogen-bond acceptors (Lipinski definition) is 3. The second-order valence-corrected chi connectivity index (χ2v) is 3.44. The Hall–Kier alpha value is -0.870. The van der Waals surface area contributed by atoms with Crippen LogP contribution >= 0.6 is 0 Å². The van der Waals surface area contributed by atoms with Gasteiger partial charge in [-0.25, -0.2) is 0 Å². The zero-order valence-electron chi connectivity index (χ0n) is 7.86. The van der Waals surface area contributed by atoms with Crippen molar-refractivity contribution in [3.63, 3.8) is 0 Å². The van der Waals surface area contributed by atoms with Crippen LogP contribution in [0.15, 0.2) is 12.4 Å². The van der Waals surface area contributed by atoms with Crippen LogP contribution in [-0.4, -0.2) is 35.6 Å². The molecule has 13 heavy (non-hydrogen) atoms. The molecule has 1 aliphatic heterocycles. The normalized spacial score (nSPS) is 23.3. The molecule has 1 atom stereocenters. The Morgan fingerprint density at radius 3 is 3.31 bits per heavy atom. The largest absolute Gasteiger partial charge is 0.374 e. The van der Waals surface area contributed by atoms with E-state index in [1.54, 1.807) is 0 Å². The third-order valence-corrected chi connectivity index (χ3v) is 2.16. The summed E-state index contributed by atoms with van der Waals surface area (Å²) < 4.78 is 7.51. The van der Waals surface area contributed by atoms with Crippen LogP contribution < -0.4 is 5.32 Å². The molecular formula is C9H15N3O. The van der Waals surface area contributed by atoms with E-state index in [9.17, 15) is 0 Å². The average Bonchev–Trinajstić information content (AvgIpc) is 2.53. The summed E-state index contributed by atoms with van der Waals surface area (Å²) in [5.74, 6) is 0. The van der Waals surface area contributed by atoms with E-state index < -0.39 is 0 Å². The molecule has 0 unspecified atom stereocenters. The molecule has 0 saturated carbocycles. The lowest BCUT2D eigenvalue weighted by Crippen LogP contribution is -2.40. The second kappa shape index (κ2) is 3.89. The number of nitrogens with zero attached hydrogens (tertiary/aromatic N) is 2. The molecule has 1 aromatic rings. The van der Waals surface area contributed by atoms with E-state index in [4.69, 9.17) is 4.74 Å². The number of nitrogens with one attached hydrogen (secondary N) is 1. The molecule has 1 aromatic heterocycles. The topological polar surface area (TPSA) is 39.1 Å². The van der Waals surface area contributed by atoms with Crippen molar-refractivity contribution in [3.8, 4) is 0 Å².